The molecule has 0 saturated carbocycles. The number of ether oxygens (including phenoxy) is 1. The fourth-order valence-electron chi connectivity index (χ4n) is 4.07. The van der Waals surface area contributed by atoms with Crippen LogP contribution in [0.25, 0.3) is 0 Å². The number of carbonyl (C=O) groups is 4. The summed E-state index contributed by atoms with van der Waals surface area (Å²) in [5, 5.41) is 5.41. The van der Waals surface area contributed by atoms with Crippen LogP contribution in [0.1, 0.15) is 54.5 Å². The molecule has 2 aliphatic heterocycles. The second-order valence-corrected chi connectivity index (χ2v) is 8.08. The van der Waals surface area contributed by atoms with Crippen LogP contribution in [-0.4, -0.2) is 47.8 Å². The summed E-state index contributed by atoms with van der Waals surface area (Å²) in [6, 6.07) is 14.2. The van der Waals surface area contributed by atoms with E-state index in [0.29, 0.717) is 29.1 Å². The highest BCUT2D eigenvalue weighted by Crippen LogP contribution is 2.28. The second kappa shape index (κ2) is 8.95. The standard InChI is InChI=1S/C25H21N3O6/c29-22(15-4-1-5-16(12-15)27-23(30)21-7-3-11-34-21)26-17-8-9-19-20(13-17)25(32)28(24(19)31)14-18-6-2-10-33-18/h1,3-5,7-9,11-13,18H,2,6,10,14H2,(H,26,29)(H,27,30). The van der Waals surface area contributed by atoms with Crippen LogP contribution in [0.4, 0.5) is 11.4 Å². The van der Waals surface area contributed by atoms with E-state index in [9.17, 15) is 19.2 Å². The molecule has 3 aromatic rings. The highest BCUT2D eigenvalue weighted by molar-refractivity contribution is 6.22. The Labute approximate surface area is 194 Å². The Bertz CT molecular complexity index is 1280. The van der Waals surface area contributed by atoms with E-state index >= 15 is 0 Å². The van der Waals surface area contributed by atoms with Gasteiger partial charge in [-0.3, -0.25) is 24.1 Å². The minimum atomic E-state index is -0.433. The number of hydrogen-bond donors (Lipinski definition) is 2. The third-order valence-electron chi connectivity index (χ3n) is 5.77. The summed E-state index contributed by atoms with van der Waals surface area (Å²) in [6.07, 6.45) is 2.99. The van der Waals surface area contributed by atoms with Gasteiger partial charge in [-0.25, -0.2) is 0 Å². The Balaban J connectivity index is 1.28. The lowest BCUT2D eigenvalue weighted by molar-refractivity contribution is 0.0475. The minimum absolute atomic E-state index is 0.137. The Hall–Kier alpha value is -4.24. The zero-order valence-electron chi connectivity index (χ0n) is 18.1. The fraction of sp³-hybridized carbons (Fsp3) is 0.200. The molecular formula is C25H21N3O6. The second-order valence-electron chi connectivity index (χ2n) is 8.08. The molecule has 1 fully saturated rings. The molecule has 172 valence electrons. The quantitative estimate of drug-likeness (QED) is 0.544. The summed E-state index contributed by atoms with van der Waals surface area (Å²) in [7, 11) is 0. The molecule has 34 heavy (non-hydrogen) atoms. The van der Waals surface area contributed by atoms with Gasteiger partial charge >= 0.3 is 0 Å². The molecule has 0 bridgehead atoms. The van der Waals surface area contributed by atoms with Crippen LogP contribution in [0.5, 0.6) is 0 Å². The number of nitrogens with one attached hydrogen (secondary N) is 2. The van der Waals surface area contributed by atoms with Gasteiger partial charge in [-0.05, 0) is 61.4 Å². The number of carbonyl (C=O) groups excluding carboxylic acids is 4. The number of benzene rings is 2. The Kier molecular flexibility index (Phi) is 5.69. The van der Waals surface area contributed by atoms with Gasteiger partial charge in [-0.1, -0.05) is 6.07 Å². The molecule has 0 spiro atoms. The van der Waals surface area contributed by atoms with Gasteiger partial charge in [0.1, 0.15) is 0 Å². The Morgan fingerprint density at radius 2 is 1.71 bits per heavy atom. The number of nitrogens with zero attached hydrogens (tertiary/aromatic N) is 1. The van der Waals surface area contributed by atoms with Crippen LogP contribution in [-0.2, 0) is 4.74 Å². The molecule has 1 saturated heterocycles. The van der Waals surface area contributed by atoms with Crippen molar-refractivity contribution in [2.45, 2.75) is 18.9 Å². The Morgan fingerprint density at radius 1 is 0.912 bits per heavy atom. The molecular weight excluding hydrogens is 438 g/mol. The average molecular weight is 459 g/mol. The van der Waals surface area contributed by atoms with Gasteiger partial charge in [0.15, 0.2) is 5.76 Å². The molecule has 9 nitrogen and oxygen atoms in total. The van der Waals surface area contributed by atoms with Gasteiger partial charge in [0, 0.05) is 23.5 Å². The highest BCUT2D eigenvalue weighted by atomic mass is 16.5. The smallest absolute Gasteiger partial charge is 0.291 e. The molecule has 0 aliphatic carbocycles. The van der Waals surface area contributed by atoms with E-state index in [4.69, 9.17) is 9.15 Å². The molecule has 1 unspecified atom stereocenters. The van der Waals surface area contributed by atoms with Crippen LogP contribution in [0.15, 0.2) is 65.3 Å². The fourth-order valence-corrected chi connectivity index (χ4v) is 4.07. The van der Waals surface area contributed by atoms with Crippen LogP contribution < -0.4 is 10.6 Å². The van der Waals surface area contributed by atoms with Crippen molar-refractivity contribution in [3.63, 3.8) is 0 Å². The van der Waals surface area contributed by atoms with E-state index < -0.39 is 17.7 Å². The van der Waals surface area contributed by atoms with Crippen molar-refractivity contribution in [3.05, 3.63) is 83.3 Å². The maximum atomic E-state index is 12.8. The summed E-state index contributed by atoms with van der Waals surface area (Å²) in [6.45, 7) is 0.863. The summed E-state index contributed by atoms with van der Waals surface area (Å²) in [4.78, 5) is 51.7. The number of anilines is 2. The molecule has 2 N–H and O–H groups in total. The predicted molar refractivity (Wildman–Crippen MR) is 122 cm³/mol. The average Bonchev–Trinajstić information content (AvgIpc) is 3.59. The van der Waals surface area contributed by atoms with Gasteiger partial charge in [0.2, 0.25) is 0 Å². The van der Waals surface area contributed by atoms with Crippen molar-refractivity contribution in [1.82, 2.24) is 4.90 Å². The topological polar surface area (TPSA) is 118 Å². The molecule has 2 aromatic carbocycles. The summed E-state index contributed by atoms with van der Waals surface area (Å²) < 4.78 is 10.6. The molecule has 4 amide bonds. The van der Waals surface area contributed by atoms with Crippen molar-refractivity contribution in [2.75, 3.05) is 23.8 Å². The zero-order chi connectivity index (χ0) is 23.7. The van der Waals surface area contributed by atoms with Crippen LogP contribution in [0.2, 0.25) is 0 Å². The van der Waals surface area contributed by atoms with E-state index in [0.717, 1.165) is 12.8 Å². The normalized spacial score (nSPS) is 17.1. The lowest BCUT2D eigenvalue weighted by atomic mass is 10.1. The zero-order valence-corrected chi connectivity index (χ0v) is 18.1. The number of imide groups is 1. The minimum Gasteiger partial charge on any atom is -0.459 e. The first-order valence-corrected chi connectivity index (χ1v) is 10.9. The summed E-state index contributed by atoms with van der Waals surface area (Å²) in [5.41, 5.74) is 1.67. The number of hydrogen-bond acceptors (Lipinski definition) is 6. The third kappa shape index (κ3) is 4.20. The maximum Gasteiger partial charge on any atom is 0.291 e. The molecule has 0 radical (unpaired) electrons. The maximum absolute atomic E-state index is 12.8. The molecule has 5 rings (SSSR count). The van der Waals surface area contributed by atoms with Gasteiger partial charge in [0.05, 0.1) is 30.0 Å². The lowest BCUT2D eigenvalue weighted by Crippen LogP contribution is -2.36. The first-order valence-electron chi connectivity index (χ1n) is 10.9. The monoisotopic (exact) mass is 459 g/mol. The molecule has 3 heterocycles. The van der Waals surface area contributed by atoms with E-state index in [2.05, 4.69) is 10.6 Å². The molecule has 1 atom stereocenters. The van der Waals surface area contributed by atoms with Crippen molar-refractivity contribution in [2.24, 2.45) is 0 Å². The van der Waals surface area contributed by atoms with E-state index in [1.807, 2.05) is 0 Å². The van der Waals surface area contributed by atoms with E-state index in [1.54, 1.807) is 36.4 Å². The van der Waals surface area contributed by atoms with Gasteiger partial charge in [-0.15, -0.1) is 0 Å². The first kappa shape index (κ1) is 21.6. The number of rotatable bonds is 6. The van der Waals surface area contributed by atoms with Gasteiger partial charge in [0.25, 0.3) is 23.6 Å². The van der Waals surface area contributed by atoms with Crippen molar-refractivity contribution in [1.29, 1.82) is 0 Å². The van der Waals surface area contributed by atoms with Gasteiger partial charge < -0.3 is 19.8 Å². The number of furan rings is 1. The lowest BCUT2D eigenvalue weighted by Gasteiger charge is -2.17. The van der Waals surface area contributed by atoms with Crippen molar-refractivity contribution in [3.8, 4) is 0 Å². The first-order chi connectivity index (χ1) is 16.5. The van der Waals surface area contributed by atoms with E-state index in [1.165, 1.54) is 29.4 Å². The van der Waals surface area contributed by atoms with Gasteiger partial charge in [-0.2, -0.15) is 0 Å². The molecule has 9 heteroatoms. The third-order valence-corrected chi connectivity index (χ3v) is 5.77. The Morgan fingerprint density at radius 3 is 2.47 bits per heavy atom. The van der Waals surface area contributed by atoms with Crippen LogP contribution in [0, 0.1) is 0 Å². The number of amides is 4. The van der Waals surface area contributed by atoms with Crippen molar-refractivity contribution >= 4 is 35.0 Å². The predicted octanol–water partition coefficient (Wildman–Crippen LogP) is 3.56. The van der Waals surface area contributed by atoms with Crippen LogP contribution >= 0.6 is 0 Å². The SMILES string of the molecule is O=C(Nc1ccc2c(c1)C(=O)N(CC1CCCO1)C2=O)c1cccc(NC(=O)c2ccco2)c1. The van der Waals surface area contributed by atoms with Crippen molar-refractivity contribution < 1.29 is 28.3 Å². The number of fused-ring (bicyclic) bond motifs is 1. The van der Waals surface area contributed by atoms with E-state index in [-0.39, 0.29) is 29.9 Å². The molecule has 1 aromatic heterocycles. The largest absolute Gasteiger partial charge is 0.459 e. The molecule has 2 aliphatic rings. The van der Waals surface area contributed by atoms with Crippen LogP contribution in [0.3, 0.4) is 0 Å². The summed E-state index contributed by atoms with van der Waals surface area (Å²) >= 11 is 0. The summed E-state index contributed by atoms with van der Waals surface area (Å²) in [5.74, 6) is -1.46. The highest BCUT2D eigenvalue weighted by Gasteiger charge is 2.37.